The molecule has 1 heterocycles. The van der Waals surface area contributed by atoms with Gasteiger partial charge in [0, 0.05) is 37.0 Å². The molecule has 4 nitrogen and oxygen atoms in total. The molecule has 116 valence electrons. The maximum absolute atomic E-state index is 11.5. The maximum Gasteiger partial charge on any atom is 0.219 e. The predicted octanol–water partition coefficient (Wildman–Crippen LogP) is 2.45. The van der Waals surface area contributed by atoms with Gasteiger partial charge in [0.25, 0.3) is 0 Å². The normalized spacial score (nSPS) is 22.6. The Bertz CT molecular complexity index is 493. The number of hydrogen-bond donors (Lipinski definition) is 2. The highest BCUT2D eigenvalue weighted by Crippen LogP contribution is 2.30. The van der Waals surface area contributed by atoms with Crippen molar-refractivity contribution in [2.75, 3.05) is 26.2 Å². The first kappa shape index (κ1) is 16.3. The van der Waals surface area contributed by atoms with E-state index >= 15 is 0 Å². The summed E-state index contributed by atoms with van der Waals surface area (Å²) in [5.41, 5.74) is 2.13. The number of ether oxygens (including phenoxy) is 1. The van der Waals surface area contributed by atoms with Crippen LogP contribution in [0.2, 0.25) is 5.02 Å². The molecule has 1 aromatic rings. The third-order valence-electron chi connectivity index (χ3n) is 3.82. The van der Waals surface area contributed by atoms with E-state index in [1.54, 1.807) is 0 Å². The van der Waals surface area contributed by atoms with Crippen LogP contribution in [0.5, 0.6) is 0 Å². The van der Waals surface area contributed by atoms with Crippen LogP contribution in [0.3, 0.4) is 0 Å². The molecule has 0 spiro atoms. The topological polar surface area (TPSA) is 50.4 Å². The van der Waals surface area contributed by atoms with Crippen molar-refractivity contribution in [2.24, 2.45) is 5.92 Å². The predicted molar refractivity (Wildman–Crippen MR) is 84.5 cm³/mol. The van der Waals surface area contributed by atoms with Gasteiger partial charge in [0.1, 0.15) is 0 Å². The second kappa shape index (κ2) is 7.78. The zero-order chi connectivity index (χ0) is 15.2. The van der Waals surface area contributed by atoms with Gasteiger partial charge in [-0.1, -0.05) is 30.7 Å². The monoisotopic (exact) mass is 310 g/mol. The average Bonchev–Trinajstić information content (AvgIpc) is 2.73. The van der Waals surface area contributed by atoms with Crippen LogP contribution in [0.25, 0.3) is 0 Å². The minimum absolute atomic E-state index is 0.0461. The molecule has 2 N–H and O–H groups in total. The van der Waals surface area contributed by atoms with Crippen molar-refractivity contribution in [1.82, 2.24) is 10.6 Å². The lowest BCUT2D eigenvalue weighted by atomic mass is 9.94. The van der Waals surface area contributed by atoms with Crippen LogP contribution >= 0.6 is 11.6 Å². The Morgan fingerprint density at radius 1 is 1.52 bits per heavy atom. The first-order valence-corrected chi connectivity index (χ1v) is 7.84. The molecule has 0 aliphatic carbocycles. The summed E-state index contributed by atoms with van der Waals surface area (Å²) in [6.45, 7) is 6.76. The third kappa shape index (κ3) is 4.43. The molecule has 1 aromatic carbocycles. The molecule has 0 radical (unpaired) electrons. The molecule has 0 saturated carbocycles. The number of amides is 1. The Balaban J connectivity index is 2.14. The Morgan fingerprint density at radius 3 is 3.05 bits per heavy atom. The van der Waals surface area contributed by atoms with Crippen LogP contribution < -0.4 is 10.6 Å². The third-order valence-corrected chi connectivity index (χ3v) is 4.23. The minimum Gasteiger partial charge on any atom is -0.372 e. The van der Waals surface area contributed by atoms with Crippen LogP contribution in [0, 0.1) is 12.8 Å². The van der Waals surface area contributed by atoms with E-state index in [0.29, 0.717) is 19.6 Å². The smallest absolute Gasteiger partial charge is 0.219 e. The van der Waals surface area contributed by atoms with Gasteiger partial charge >= 0.3 is 0 Å². The van der Waals surface area contributed by atoms with Gasteiger partial charge in [-0.2, -0.15) is 0 Å². The summed E-state index contributed by atoms with van der Waals surface area (Å²) < 4.78 is 5.99. The Kier molecular flexibility index (Phi) is 6.03. The van der Waals surface area contributed by atoms with E-state index in [1.165, 1.54) is 0 Å². The van der Waals surface area contributed by atoms with Crippen molar-refractivity contribution in [3.8, 4) is 0 Å². The fourth-order valence-corrected chi connectivity index (χ4v) is 2.68. The molecule has 1 amide bonds. The highest BCUT2D eigenvalue weighted by atomic mass is 35.5. The molecule has 0 aromatic heterocycles. The molecule has 1 fully saturated rings. The summed E-state index contributed by atoms with van der Waals surface area (Å²) in [5.74, 6) is 0.265. The van der Waals surface area contributed by atoms with Gasteiger partial charge in [-0.25, -0.2) is 0 Å². The van der Waals surface area contributed by atoms with Crippen molar-refractivity contribution in [3.05, 3.63) is 34.3 Å². The summed E-state index contributed by atoms with van der Waals surface area (Å²) >= 11 is 6.23. The van der Waals surface area contributed by atoms with Crippen LogP contribution in [-0.4, -0.2) is 32.1 Å². The lowest BCUT2D eigenvalue weighted by molar-refractivity contribution is -0.121. The van der Waals surface area contributed by atoms with Gasteiger partial charge in [-0.3, -0.25) is 4.79 Å². The quantitative estimate of drug-likeness (QED) is 0.898. The van der Waals surface area contributed by atoms with E-state index in [9.17, 15) is 4.79 Å². The molecular formula is C16H23ClN2O2. The molecule has 1 aliphatic rings. The van der Waals surface area contributed by atoms with Crippen molar-refractivity contribution < 1.29 is 9.53 Å². The molecule has 2 rings (SSSR count). The van der Waals surface area contributed by atoms with Gasteiger partial charge in [0.05, 0.1) is 12.7 Å². The molecule has 21 heavy (non-hydrogen) atoms. The fourth-order valence-electron chi connectivity index (χ4n) is 2.49. The van der Waals surface area contributed by atoms with Gasteiger partial charge in [0.15, 0.2) is 0 Å². The molecule has 1 saturated heterocycles. The average molecular weight is 311 g/mol. The summed E-state index contributed by atoms with van der Waals surface area (Å²) in [4.78, 5) is 11.5. The second-order valence-corrected chi connectivity index (χ2v) is 5.83. The molecule has 1 aliphatic heterocycles. The number of benzene rings is 1. The first-order chi connectivity index (χ1) is 10.1. The van der Waals surface area contributed by atoms with E-state index in [0.717, 1.165) is 29.2 Å². The fraction of sp³-hybridized carbons (Fsp3) is 0.562. The van der Waals surface area contributed by atoms with Crippen molar-refractivity contribution >= 4 is 17.5 Å². The van der Waals surface area contributed by atoms with Gasteiger partial charge in [-0.15, -0.1) is 0 Å². The largest absolute Gasteiger partial charge is 0.372 e. The Labute approximate surface area is 131 Å². The maximum atomic E-state index is 11.5. The number of aryl methyl sites for hydroxylation is 1. The minimum atomic E-state index is -0.0461. The molecule has 2 atom stereocenters. The number of carbonyl (C=O) groups is 1. The molecule has 2 unspecified atom stereocenters. The van der Waals surface area contributed by atoms with Crippen LogP contribution in [0.1, 0.15) is 30.6 Å². The summed E-state index contributed by atoms with van der Waals surface area (Å²) in [5, 5.41) is 7.07. The van der Waals surface area contributed by atoms with Gasteiger partial charge < -0.3 is 15.4 Å². The standard InChI is InChI=1S/C16H23ClN2O2/c1-3-15(20)19-10-13-9-18-6-7-21-16(13)12-5-4-11(2)14(17)8-12/h4-5,8,13,16,18H,3,6-7,9-10H2,1-2H3,(H,19,20). The summed E-state index contributed by atoms with van der Waals surface area (Å²) in [6.07, 6.45) is 0.456. The van der Waals surface area contributed by atoms with Crippen LogP contribution in [-0.2, 0) is 9.53 Å². The van der Waals surface area contributed by atoms with Crippen molar-refractivity contribution in [2.45, 2.75) is 26.4 Å². The highest BCUT2D eigenvalue weighted by molar-refractivity contribution is 6.31. The number of rotatable bonds is 4. The first-order valence-electron chi connectivity index (χ1n) is 7.47. The summed E-state index contributed by atoms with van der Waals surface area (Å²) in [7, 11) is 0. The van der Waals surface area contributed by atoms with E-state index in [4.69, 9.17) is 16.3 Å². The zero-order valence-electron chi connectivity index (χ0n) is 12.6. The number of hydrogen-bond acceptors (Lipinski definition) is 3. The SMILES string of the molecule is CCC(=O)NCC1CNCCOC1c1ccc(C)c(Cl)c1. The van der Waals surface area contributed by atoms with Gasteiger partial charge in [0.2, 0.25) is 5.91 Å². The number of nitrogens with one attached hydrogen (secondary N) is 2. The molecule has 0 bridgehead atoms. The molecule has 5 heteroatoms. The van der Waals surface area contributed by atoms with E-state index < -0.39 is 0 Å². The van der Waals surface area contributed by atoms with Gasteiger partial charge in [-0.05, 0) is 24.1 Å². The van der Waals surface area contributed by atoms with E-state index in [2.05, 4.69) is 16.7 Å². The van der Waals surface area contributed by atoms with Crippen LogP contribution in [0.4, 0.5) is 0 Å². The highest BCUT2D eigenvalue weighted by Gasteiger charge is 2.26. The Morgan fingerprint density at radius 2 is 2.33 bits per heavy atom. The Hall–Kier alpha value is -1.10. The molecular weight excluding hydrogens is 288 g/mol. The lowest BCUT2D eigenvalue weighted by Gasteiger charge is -2.25. The number of carbonyl (C=O) groups excluding carboxylic acids is 1. The lowest BCUT2D eigenvalue weighted by Crippen LogP contribution is -2.36. The summed E-state index contributed by atoms with van der Waals surface area (Å²) in [6, 6.07) is 6.05. The van der Waals surface area contributed by atoms with Crippen molar-refractivity contribution in [3.63, 3.8) is 0 Å². The van der Waals surface area contributed by atoms with E-state index in [-0.39, 0.29) is 17.9 Å². The van der Waals surface area contributed by atoms with Crippen LogP contribution in [0.15, 0.2) is 18.2 Å². The number of halogens is 1. The second-order valence-electron chi connectivity index (χ2n) is 5.42. The zero-order valence-corrected chi connectivity index (χ0v) is 13.4. The van der Waals surface area contributed by atoms with E-state index in [1.807, 2.05) is 26.0 Å². The van der Waals surface area contributed by atoms with Crippen molar-refractivity contribution in [1.29, 1.82) is 0 Å².